The zero-order valence-electron chi connectivity index (χ0n) is 10.7. The minimum atomic E-state index is -1.04. The van der Waals surface area contributed by atoms with Gasteiger partial charge in [-0.15, -0.1) is 0 Å². The number of carboxylic acid groups (broad SMARTS) is 1. The van der Waals surface area contributed by atoms with Gasteiger partial charge in [-0.3, -0.25) is 10.00 Å². The molecule has 100 valence electrons. The van der Waals surface area contributed by atoms with Crippen molar-refractivity contribution in [2.75, 3.05) is 5.32 Å². The summed E-state index contributed by atoms with van der Waals surface area (Å²) in [4.78, 5) is 22.6. The van der Waals surface area contributed by atoms with E-state index in [0.29, 0.717) is 12.2 Å². The van der Waals surface area contributed by atoms with Crippen LogP contribution in [0.3, 0.4) is 0 Å². The van der Waals surface area contributed by atoms with Gasteiger partial charge in [0.2, 0.25) is 0 Å². The molecule has 1 unspecified atom stereocenters. The molecular weight excluding hydrogens is 236 g/mol. The smallest absolute Gasteiger partial charge is 0.326 e. The van der Waals surface area contributed by atoms with Gasteiger partial charge in [0.25, 0.3) is 0 Å². The van der Waals surface area contributed by atoms with Gasteiger partial charge in [-0.2, -0.15) is 5.10 Å². The first-order valence-electron chi connectivity index (χ1n) is 5.68. The molecule has 1 heterocycles. The van der Waals surface area contributed by atoms with Crippen molar-refractivity contribution < 1.29 is 14.7 Å². The Morgan fingerprint density at radius 2 is 2.17 bits per heavy atom. The van der Waals surface area contributed by atoms with Crippen molar-refractivity contribution in [1.82, 2.24) is 15.1 Å². The van der Waals surface area contributed by atoms with Crippen molar-refractivity contribution in [2.24, 2.45) is 13.0 Å². The molecule has 7 nitrogen and oxygen atoms in total. The summed E-state index contributed by atoms with van der Waals surface area (Å²) in [6.45, 7) is 3.80. The summed E-state index contributed by atoms with van der Waals surface area (Å²) < 4.78 is 1.48. The normalized spacial score (nSPS) is 12.2. The molecule has 0 bridgehead atoms. The van der Waals surface area contributed by atoms with E-state index < -0.39 is 18.0 Å². The van der Waals surface area contributed by atoms with Gasteiger partial charge in [0, 0.05) is 13.1 Å². The molecule has 3 N–H and O–H groups in total. The van der Waals surface area contributed by atoms with Crippen LogP contribution in [0, 0.1) is 5.92 Å². The van der Waals surface area contributed by atoms with Crippen molar-refractivity contribution in [3.8, 4) is 0 Å². The topological polar surface area (TPSA) is 96.3 Å². The van der Waals surface area contributed by atoms with Gasteiger partial charge in [-0.05, 0) is 12.3 Å². The summed E-state index contributed by atoms with van der Waals surface area (Å²) in [5, 5.41) is 17.8. The summed E-state index contributed by atoms with van der Waals surface area (Å²) >= 11 is 0. The number of anilines is 1. The summed E-state index contributed by atoms with van der Waals surface area (Å²) in [6.07, 6.45) is 1.92. The van der Waals surface area contributed by atoms with E-state index in [1.807, 2.05) is 13.8 Å². The molecule has 1 rings (SSSR count). The van der Waals surface area contributed by atoms with Crippen molar-refractivity contribution in [1.29, 1.82) is 0 Å². The molecule has 0 aliphatic heterocycles. The van der Waals surface area contributed by atoms with Gasteiger partial charge >= 0.3 is 12.0 Å². The number of carbonyl (C=O) groups is 2. The number of nitrogens with zero attached hydrogens (tertiary/aromatic N) is 2. The maximum absolute atomic E-state index is 11.6. The Hall–Kier alpha value is -2.05. The monoisotopic (exact) mass is 254 g/mol. The van der Waals surface area contributed by atoms with Gasteiger partial charge in [-0.1, -0.05) is 13.8 Å². The van der Waals surface area contributed by atoms with Crippen LogP contribution in [0.25, 0.3) is 0 Å². The largest absolute Gasteiger partial charge is 0.480 e. The van der Waals surface area contributed by atoms with Crippen LogP contribution in [0.4, 0.5) is 10.6 Å². The highest BCUT2D eigenvalue weighted by Crippen LogP contribution is 2.06. The Labute approximate surface area is 105 Å². The average molecular weight is 254 g/mol. The Balaban J connectivity index is 2.56. The van der Waals surface area contributed by atoms with E-state index in [9.17, 15) is 9.59 Å². The number of urea groups is 1. The molecule has 0 saturated heterocycles. The first-order chi connectivity index (χ1) is 8.40. The summed E-state index contributed by atoms with van der Waals surface area (Å²) in [7, 11) is 1.68. The third-order valence-corrected chi connectivity index (χ3v) is 2.37. The van der Waals surface area contributed by atoms with Gasteiger partial charge in [0.1, 0.15) is 11.9 Å². The van der Waals surface area contributed by atoms with Crippen LogP contribution < -0.4 is 10.6 Å². The molecule has 1 aromatic heterocycles. The molecule has 0 aliphatic carbocycles. The molecule has 1 aromatic rings. The van der Waals surface area contributed by atoms with Crippen molar-refractivity contribution in [3.05, 3.63) is 12.3 Å². The molecule has 0 aromatic carbocycles. The first-order valence-corrected chi connectivity index (χ1v) is 5.68. The number of hydrogen-bond acceptors (Lipinski definition) is 3. The molecule has 0 saturated carbocycles. The van der Waals surface area contributed by atoms with Gasteiger partial charge in [0.05, 0.1) is 6.20 Å². The first kappa shape index (κ1) is 14.0. The second-order valence-electron chi connectivity index (χ2n) is 4.46. The summed E-state index contributed by atoms with van der Waals surface area (Å²) in [5.41, 5.74) is 0. The minimum absolute atomic E-state index is 0.183. The van der Waals surface area contributed by atoms with Gasteiger partial charge in [0.15, 0.2) is 0 Å². The number of carboxylic acids is 1. The molecule has 0 spiro atoms. The number of aromatic nitrogens is 2. The maximum Gasteiger partial charge on any atom is 0.326 e. The maximum atomic E-state index is 11.6. The van der Waals surface area contributed by atoms with Crippen LogP contribution in [-0.2, 0) is 11.8 Å². The third kappa shape index (κ3) is 4.08. The van der Waals surface area contributed by atoms with E-state index in [-0.39, 0.29) is 5.92 Å². The molecule has 1 atom stereocenters. The lowest BCUT2D eigenvalue weighted by atomic mass is 10.0. The van der Waals surface area contributed by atoms with E-state index >= 15 is 0 Å². The van der Waals surface area contributed by atoms with E-state index in [4.69, 9.17) is 5.11 Å². The standard InChI is InChI=1S/C11H18N4O3/c1-7(2)6-8(10(16)17)13-11(18)14-9-4-5-12-15(9)3/h4-5,7-8H,6H2,1-3H3,(H,16,17)(H2,13,14,18). The Bertz CT molecular complexity index is 428. The van der Waals surface area contributed by atoms with Crippen LogP contribution in [0.2, 0.25) is 0 Å². The average Bonchev–Trinajstić information content (AvgIpc) is 2.62. The number of nitrogens with one attached hydrogen (secondary N) is 2. The predicted molar refractivity (Wildman–Crippen MR) is 66.2 cm³/mol. The lowest BCUT2D eigenvalue weighted by Gasteiger charge is -2.16. The second-order valence-corrected chi connectivity index (χ2v) is 4.46. The quantitative estimate of drug-likeness (QED) is 0.731. The van der Waals surface area contributed by atoms with E-state index in [2.05, 4.69) is 15.7 Å². The van der Waals surface area contributed by atoms with E-state index in [1.54, 1.807) is 19.3 Å². The van der Waals surface area contributed by atoms with Crippen molar-refractivity contribution >= 4 is 17.8 Å². The van der Waals surface area contributed by atoms with Crippen LogP contribution in [0.5, 0.6) is 0 Å². The highest BCUT2D eigenvalue weighted by molar-refractivity contribution is 5.91. The van der Waals surface area contributed by atoms with Crippen LogP contribution in [-0.4, -0.2) is 32.9 Å². The number of hydrogen-bond donors (Lipinski definition) is 3. The lowest BCUT2D eigenvalue weighted by Crippen LogP contribution is -2.43. The van der Waals surface area contributed by atoms with Crippen LogP contribution in [0.15, 0.2) is 12.3 Å². The minimum Gasteiger partial charge on any atom is -0.480 e. The Kier molecular flexibility index (Phi) is 4.70. The van der Waals surface area contributed by atoms with Crippen molar-refractivity contribution in [2.45, 2.75) is 26.3 Å². The second kappa shape index (κ2) is 6.04. The Morgan fingerprint density at radius 3 is 2.61 bits per heavy atom. The SMILES string of the molecule is CC(C)CC(NC(=O)Nc1ccnn1C)C(=O)O. The number of aliphatic carboxylic acids is 1. The predicted octanol–water partition coefficient (Wildman–Crippen LogP) is 1.04. The highest BCUT2D eigenvalue weighted by atomic mass is 16.4. The zero-order valence-corrected chi connectivity index (χ0v) is 10.7. The molecular formula is C11H18N4O3. The molecule has 7 heteroatoms. The zero-order chi connectivity index (χ0) is 13.7. The van der Waals surface area contributed by atoms with E-state index in [1.165, 1.54) is 4.68 Å². The molecule has 2 amide bonds. The Morgan fingerprint density at radius 1 is 1.50 bits per heavy atom. The van der Waals surface area contributed by atoms with Crippen molar-refractivity contribution in [3.63, 3.8) is 0 Å². The number of amides is 2. The fraction of sp³-hybridized carbons (Fsp3) is 0.545. The van der Waals surface area contributed by atoms with E-state index in [0.717, 1.165) is 0 Å². The lowest BCUT2D eigenvalue weighted by molar-refractivity contribution is -0.139. The number of carbonyl (C=O) groups excluding carboxylic acids is 1. The van der Waals surface area contributed by atoms with Crippen LogP contribution in [0.1, 0.15) is 20.3 Å². The molecule has 0 fully saturated rings. The molecule has 0 aliphatic rings. The molecule has 0 radical (unpaired) electrons. The summed E-state index contributed by atoms with van der Waals surface area (Å²) in [6, 6.07) is 0.183. The number of aryl methyl sites for hydroxylation is 1. The van der Waals surface area contributed by atoms with Crippen LogP contribution >= 0.6 is 0 Å². The number of rotatable bonds is 5. The van der Waals surface area contributed by atoms with Gasteiger partial charge in [-0.25, -0.2) is 9.59 Å². The fourth-order valence-electron chi connectivity index (χ4n) is 1.50. The fourth-order valence-corrected chi connectivity index (χ4v) is 1.50. The molecule has 18 heavy (non-hydrogen) atoms. The third-order valence-electron chi connectivity index (χ3n) is 2.37. The highest BCUT2D eigenvalue weighted by Gasteiger charge is 2.21. The summed E-state index contributed by atoms with van der Waals surface area (Å²) in [5.74, 6) is -0.354. The van der Waals surface area contributed by atoms with Gasteiger partial charge < -0.3 is 10.4 Å².